The van der Waals surface area contributed by atoms with Gasteiger partial charge in [0.15, 0.2) is 6.10 Å². The van der Waals surface area contributed by atoms with Crippen LogP contribution in [0.3, 0.4) is 0 Å². The van der Waals surface area contributed by atoms with Crippen LogP contribution in [0.25, 0.3) is 0 Å². The van der Waals surface area contributed by atoms with Crippen LogP contribution in [0.1, 0.15) is 12.5 Å². The fraction of sp³-hybridized carbons (Fsp3) is 0.188. The lowest BCUT2D eigenvalue weighted by molar-refractivity contribution is -0.122. The number of benzene rings is 2. The van der Waals surface area contributed by atoms with Crippen molar-refractivity contribution in [1.29, 1.82) is 0 Å². The van der Waals surface area contributed by atoms with Gasteiger partial charge >= 0.3 is 0 Å². The summed E-state index contributed by atoms with van der Waals surface area (Å²) in [4.78, 5) is 12.2. The van der Waals surface area contributed by atoms with Gasteiger partial charge in [-0.3, -0.25) is 4.79 Å². The third-order valence-electron chi connectivity index (χ3n) is 3.02. The molecule has 3 nitrogen and oxygen atoms in total. The first-order chi connectivity index (χ1) is 9.97. The maximum atomic E-state index is 12.2. The third kappa shape index (κ3) is 4.22. The van der Waals surface area contributed by atoms with Crippen molar-refractivity contribution in [3.05, 3.63) is 57.5 Å². The van der Waals surface area contributed by atoms with Gasteiger partial charge in [0, 0.05) is 15.2 Å². The summed E-state index contributed by atoms with van der Waals surface area (Å²) >= 11 is 9.39. The molecule has 5 heteroatoms. The zero-order valence-electron chi connectivity index (χ0n) is 11.7. The summed E-state index contributed by atoms with van der Waals surface area (Å²) in [5.74, 6) is 0.423. The molecule has 0 aliphatic rings. The van der Waals surface area contributed by atoms with Gasteiger partial charge in [0.25, 0.3) is 5.91 Å². The largest absolute Gasteiger partial charge is 0.481 e. The maximum Gasteiger partial charge on any atom is 0.265 e. The monoisotopic (exact) mass is 367 g/mol. The summed E-state index contributed by atoms with van der Waals surface area (Å²) in [5.41, 5.74) is 1.53. The van der Waals surface area contributed by atoms with E-state index >= 15 is 0 Å². The molecular weight excluding hydrogens is 354 g/mol. The molecule has 0 spiro atoms. The van der Waals surface area contributed by atoms with E-state index in [4.69, 9.17) is 16.3 Å². The second-order valence-electron chi connectivity index (χ2n) is 4.62. The lowest BCUT2D eigenvalue weighted by atomic mass is 10.2. The molecule has 110 valence electrons. The van der Waals surface area contributed by atoms with Crippen LogP contribution in [0, 0.1) is 6.92 Å². The van der Waals surface area contributed by atoms with Crippen molar-refractivity contribution in [3.63, 3.8) is 0 Å². The van der Waals surface area contributed by atoms with Crippen LogP contribution >= 0.6 is 27.5 Å². The highest BCUT2D eigenvalue weighted by Crippen LogP contribution is 2.23. The van der Waals surface area contributed by atoms with E-state index in [1.807, 2.05) is 25.1 Å². The molecule has 0 aliphatic heterocycles. The van der Waals surface area contributed by atoms with Gasteiger partial charge in [-0.15, -0.1) is 0 Å². The molecule has 0 aromatic heterocycles. The number of amides is 1. The zero-order valence-corrected chi connectivity index (χ0v) is 14.0. The van der Waals surface area contributed by atoms with Crippen molar-refractivity contribution in [2.45, 2.75) is 20.0 Å². The van der Waals surface area contributed by atoms with Crippen molar-refractivity contribution in [1.82, 2.24) is 0 Å². The van der Waals surface area contributed by atoms with E-state index in [9.17, 15) is 4.79 Å². The number of nitrogens with one attached hydrogen (secondary N) is 1. The Kier molecular flexibility index (Phi) is 5.26. The van der Waals surface area contributed by atoms with Crippen LogP contribution in [0.5, 0.6) is 5.75 Å². The molecule has 0 unspecified atom stereocenters. The fourth-order valence-electron chi connectivity index (χ4n) is 1.75. The Morgan fingerprint density at radius 2 is 1.90 bits per heavy atom. The number of halogens is 2. The molecule has 2 aromatic rings. The Labute approximate surface area is 137 Å². The smallest absolute Gasteiger partial charge is 0.265 e. The van der Waals surface area contributed by atoms with E-state index in [0.29, 0.717) is 16.5 Å². The molecule has 2 rings (SSSR count). The number of carbonyl (C=O) groups excluding carboxylic acids is 1. The average molecular weight is 369 g/mol. The number of carbonyl (C=O) groups is 1. The first kappa shape index (κ1) is 15.9. The molecule has 0 heterocycles. The van der Waals surface area contributed by atoms with Gasteiger partial charge in [0.1, 0.15) is 5.75 Å². The molecule has 1 N–H and O–H groups in total. The van der Waals surface area contributed by atoms with E-state index in [2.05, 4.69) is 21.2 Å². The number of hydrogen-bond acceptors (Lipinski definition) is 2. The Morgan fingerprint density at radius 1 is 1.24 bits per heavy atom. The number of anilines is 1. The van der Waals surface area contributed by atoms with Crippen molar-refractivity contribution in [2.24, 2.45) is 0 Å². The highest BCUT2D eigenvalue weighted by Gasteiger charge is 2.16. The highest BCUT2D eigenvalue weighted by atomic mass is 79.9. The molecule has 0 bridgehead atoms. The third-order valence-corrected chi connectivity index (χ3v) is 3.96. The van der Waals surface area contributed by atoms with E-state index in [1.165, 1.54) is 0 Å². The Hall–Kier alpha value is -1.52. The Balaban J connectivity index is 2.02. The topological polar surface area (TPSA) is 38.3 Å². The Morgan fingerprint density at radius 3 is 2.57 bits per heavy atom. The van der Waals surface area contributed by atoms with Gasteiger partial charge < -0.3 is 10.1 Å². The van der Waals surface area contributed by atoms with Crippen molar-refractivity contribution >= 4 is 39.1 Å². The van der Waals surface area contributed by atoms with Crippen molar-refractivity contribution < 1.29 is 9.53 Å². The molecular formula is C16H15BrClNO2. The van der Waals surface area contributed by atoms with Gasteiger partial charge in [-0.1, -0.05) is 33.6 Å². The van der Waals surface area contributed by atoms with Crippen LogP contribution in [0.4, 0.5) is 5.69 Å². The number of ether oxygens (including phenoxy) is 1. The molecule has 0 saturated carbocycles. The van der Waals surface area contributed by atoms with Gasteiger partial charge in [-0.05, 0) is 55.8 Å². The van der Waals surface area contributed by atoms with E-state index in [1.54, 1.807) is 31.2 Å². The van der Waals surface area contributed by atoms with Crippen molar-refractivity contribution in [2.75, 3.05) is 5.32 Å². The summed E-state index contributed by atoms with van der Waals surface area (Å²) in [6.07, 6.45) is -0.607. The lowest BCUT2D eigenvalue weighted by Crippen LogP contribution is -2.30. The zero-order chi connectivity index (χ0) is 15.4. The quantitative estimate of drug-likeness (QED) is 0.840. The molecule has 21 heavy (non-hydrogen) atoms. The van der Waals surface area contributed by atoms with E-state index in [-0.39, 0.29) is 5.91 Å². The standard InChI is InChI=1S/C16H15BrClNO2/c1-10-14(18)4-3-5-15(10)19-16(20)11(2)21-13-8-6-12(17)7-9-13/h3-9,11H,1-2H3,(H,19,20)/t11-/m0/s1. The average Bonchev–Trinajstić information content (AvgIpc) is 2.46. The first-order valence-electron chi connectivity index (χ1n) is 6.45. The minimum absolute atomic E-state index is 0.219. The minimum Gasteiger partial charge on any atom is -0.481 e. The maximum absolute atomic E-state index is 12.2. The van der Waals surface area contributed by atoms with Gasteiger partial charge in [0.2, 0.25) is 0 Å². The molecule has 0 aliphatic carbocycles. The molecule has 0 fully saturated rings. The molecule has 1 atom stereocenters. The summed E-state index contributed by atoms with van der Waals surface area (Å²) in [7, 11) is 0. The molecule has 1 amide bonds. The molecule has 0 saturated heterocycles. The van der Waals surface area contributed by atoms with E-state index in [0.717, 1.165) is 10.0 Å². The van der Waals surface area contributed by atoms with Gasteiger partial charge in [0.05, 0.1) is 0 Å². The predicted octanol–water partition coefficient (Wildman–Crippen LogP) is 4.82. The SMILES string of the molecule is Cc1c(Cl)cccc1NC(=O)[C@H](C)Oc1ccc(Br)cc1. The summed E-state index contributed by atoms with van der Waals surface area (Å²) in [5, 5.41) is 3.44. The second-order valence-corrected chi connectivity index (χ2v) is 5.94. The van der Waals surface area contributed by atoms with Crippen LogP contribution < -0.4 is 10.1 Å². The van der Waals surface area contributed by atoms with Crippen LogP contribution in [-0.4, -0.2) is 12.0 Å². The summed E-state index contributed by atoms with van der Waals surface area (Å²) in [6, 6.07) is 12.7. The van der Waals surface area contributed by atoms with Gasteiger partial charge in [-0.25, -0.2) is 0 Å². The number of hydrogen-bond donors (Lipinski definition) is 1. The molecule has 0 radical (unpaired) electrons. The number of rotatable bonds is 4. The van der Waals surface area contributed by atoms with Crippen molar-refractivity contribution in [3.8, 4) is 5.75 Å². The summed E-state index contributed by atoms with van der Waals surface area (Å²) < 4.78 is 6.57. The highest BCUT2D eigenvalue weighted by molar-refractivity contribution is 9.10. The van der Waals surface area contributed by atoms with Crippen LogP contribution in [-0.2, 0) is 4.79 Å². The summed E-state index contributed by atoms with van der Waals surface area (Å²) in [6.45, 7) is 3.56. The fourth-order valence-corrected chi connectivity index (χ4v) is 2.19. The first-order valence-corrected chi connectivity index (χ1v) is 7.62. The van der Waals surface area contributed by atoms with Gasteiger partial charge in [-0.2, -0.15) is 0 Å². The lowest BCUT2D eigenvalue weighted by Gasteiger charge is -2.16. The van der Waals surface area contributed by atoms with Crippen LogP contribution in [0.2, 0.25) is 5.02 Å². The second kappa shape index (κ2) is 6.96. The van der Waals surface area contributed by atoms with Crippen LogP contribution in [0.15, 0.2) is 46.9 Å². The van der Waals surface area contributed by atoms with E-state index < -0.39 is 6.10 Å². The molecule has 2 aromatic carbocycles. The predicted molar refractivity (Wildman–Crippen MR) is 89.1 cm³/mol. The Bertz CT molecular complexity index is 643. The minimum atomic E-state index is -0.607. The normalized spacial score (nSPS) is 11.8.